The predicted molar refractivity (Wildman–Crippen MR) is 88.2 cm³/mol. The molecule has 0 aliphatic carbocycles. The largest absolute Gasteiger partial charge is 0.490 e. The highest BCUT2D eigenvalue weighted by molar-refractivity contribution is 5.77. The monoisotopic (exact) mass is 330 g/mol. The van der Waals surface area contributed by atoms with E-state index in [0.717, 1.165) is 11.1 Å². The number of aryl methyl sites for hydroxylation is 1. The number of methoxy groups -OCH3 is 1. The Balaban J connectivity index is 1.88. The zero-order valence-corrected chi connectivity index (χ0v) is 13.4. The Labute approximate surface area is 139 Å². The van der Waals surface area contributed by atoms with Crippen LogP contribution >= 0.6 is 0 Å². The lowest BCUT2D eigenvalue weighted by Gasteiger charge is -2.09. The van der Waals surface area contributed by atoms with Gasteiger partial charge in [0, 0.05) is 18.7 Å². The van der Waals surface area contributed by atoms with E-state index in [9.17, 15) is 14.9 Å². The quantitative estimate of drug-likeness (QED) is 0.622. The summed E-state index contributed by atoms with van der Waals surface area (Å²) < 4.78 is 10.3. The number of ether oxygens (including phenoxy) is 2. The molecule has 0 fully saturated rings. The molecule has 0 saturated heterocycles. The van der Waals surface area contributed by atoms with Gasteiger partial charge in [-0.25, -0.2) is 0 Å². The van der Waals surface area contributed by atoms with Crippen LogP contribution in [0.1, 0.15) is 11.1 Å². The highest BCUT2D eigenvalue weighted by atomic mass is 16.6. The van der Waals surface area contributed by atoms with Crippen molar-refractivity contribution in [1.29, 1.82) is 0 Å². The molecule has 0 saturated carbocycles. The summed E-state index contributed by atoms with van der Waals surface area (Å²) in [6, 6.07) is 11.9. The average Bonchev–Trinajstić information content (AvgIpc) is 2.57. The first-order valence-electron chi connectivity index (χ1n) is 7.27. The second-order valence-electron chi connectivity index (χ2n) is 5.15. The van der Waals surface area contributed by atoms with Gasteiger partial charge in [-0.15, -0.1) is 0 Å². The minimum atomic E-state index is -0.544. The molecule has 0 aliphatic heterocycles. The van der Waals surface area contributed by atoms with Crippen LogP contribution in [0.2, 0.25) is 0 Å². The van der Waals surface area contributed by atoms with Crippen LogP contribution in [0.5, 0.6) is 11.5 Å². The van der Waals surface area contributed by atoms with Crippen molar-refractivity contribution in [3.05, 3.63) is 63.7 Å². The van der Waals surface area contributed by atoms with Crippen molar-refractivity contribution in [3.63, 3.8) is 0 Å². The van der Waals surface area contributed by atoms with E-state index in [4.69, 9.17) is 9.47 Å². The van der Waals surface area contributed by atoms with E-state index >= 15 is 0 Å². The highest BCUT2D eigenvalue weighted by Gasteiger charge is 2.15. The number of hydrogen-bond donors (Lipinski definition) is 1. The van der Waals surface area contributed by atoms with E-state index in [-0.39, 0.29) is 24.0 Å². The number of nitro groups is 1. The van der Waals surface area contributed by atoms with Crippen LogP contribution in [-0.4, -0.2) is 24.5 Å². The molecule has 7 heteroatoms. The van der Waals surface area contributed by atoms with Gasteiger partial charge in [-0.2, -0.15) is 0 Å². The van der Waals surface area contributed by atoms with Crippen LogP contribution in [0.3, 0.4) is 0 Å². The number of benzene rings is 2. The number of hydrogen-bond acceptors (Lipinski definition) is 5. The molecule has 0 bridgehead atoms. The number of rotatable bonds is 7. The molecule has 0 aromatic heterocycles. The Morgan fingerprint density at radius 3 is 2.71 bits per heavy atom. The van der Waals surface area contributed by atoms with Crippen LogP contribution in [-0.2, 0) is 11.3 Å². The normalized spacial score (nSPS) is 10.1. The summed E-state index contributed by atoms with van der Waals surface area (Å²) in [5, 5.41) is 13.6. The van der Waals surface area contributed by atoms with E-state index < -0.39 is 4.92 Å². The van der Waals surface area contributed by atoms with Gasteiger partial charge in [0.2, 0.25) is 5.75 Å². The van der Waals surface area contributed by atoms with Gasteiger partial charge < -0.3 is 14.8 Å². The Morgan fingerprint density at radius 1 is 1.25 bits per heavy atom. The third-order valence-electron chi connectivity index (χ3n) is 3.29. The van der Waals surface area contributed by atoms with Gasteiger partial charge in [-0.1, -0.05) is 29.8 Å². The molecular formula is C17H18N2O5. The Bertz CT molecular complexity index is 746. The SMILES string of the molecule is COc1cc(OCC(=O)NCc2cccc(C)c2)ccc1[N+](=O)[O-]. The summed E-state index contributed by atoms with van der Waals surface area (Å²) in [5.41, 5.74) is 1.96. The number of nitro benzene ring substituents is 1. The molecule has 0 radical (unpaired) electrons. The topological polar surface area (TPSA) is 90.7 Å². The lowest BCUT2D eigenvalue weighted by Crippen LogP contribution is -2.28. The molecule has 126 valence electrons. The Morgan fingerprint density at radius 2 is 2.04 bits per heavy atom. The summed E-state index contributed by atoms with van der Waals surface area (Å²) in [6.07, 6.45) is 0. The van der Waals surface area contributed by atoms with Gasteiger partial charge in [-0.3, -0.25) is 14.9 Å². The minimum absolute atomic E-state index is 0.0812. The van der Waals surface area contributed by atoms with E-state index in [0.29, 0.717) is 12.3 Å². The van der Waals surface area contributed by atoms with Crippen molar-refractivity contribution in [2.45, 2.75) is 13.5 Å². The third kappa shape index (κ3) is 4.70. The smallest absolute Gasteiger partial charge is 0.311 e. The molecule has 0 unspecified atom stereocenters. The van der Waals surface area contributed by atoms with Crippen LogP contribution in [0.25, 0.3) is 0 Å². The molecule has 24 heavy (non-hydrogen) atoms. The maximum absolute atomic E-state index is 11.8. The maximum Gasteiger partial charge on any atom is 0.311 e. The Hall–Kier alpha value is -3.09. The molecule has 2 aromatic carbocycles. The Kier molecular flexibility index (Phi) is 5.73. The molecule has 1 amide bonds. The van der Waals surface area contributed by atoms with Gasteiger partial charge in [0.25, 0.3) is 5.91 Å². The zero-order valence-electron chi connectivity index (χ0n) is 13.4. The predicted octanol–water partition coefficient (Wildman–Crippen LogP) is 2.61. The molecule has 7 nitrogen and oxygen atoms in total. The van der Waals surface area contributed by atoms with Crippen molar-refractivity contribution in [1.82, 2.24) is 5.32 Å². The molecule has 1 N–H and O–H groups in total. The van der Waals surface area contributed by atoms with Gasteiger partial charge in [-0.05, 0) is 18.6 Å². The van der Waals surface area contributed by atoms with E-state index in [1.54, 1.807) is 0 Å². The molecule has 0 spiro atoms. The van der Waals surface area contributed by atoms with Gasteiger partial charge in [0.05, 0.1) is 12.0 Å². The number of amides is 1. The summed E-state index contributed by atoms with van der Waals surface area (Å²) in [7, 11) is 1.33. The maximum atomic E-state index is 11.8. The van der Waals surface area contributed by atoms with Crippen molar-refractivity contribution >= 4 is 11.6 Å². The lowest BCUT2D eigenvalue weighted by molar-refractivity contribution is -0.385. The summed E-state index contributed by atoms with van der Waals surface area (Å²) in [6.45, 7) is 2.21. The second kappa shape index (κ2) is 7.96. The van der Waals surface area contributed by atoms with Crippen molar-refractivity contribution in [3.8, 4) is 11.5 Å². The second-order valence-corrected chi connectivity index (χ2v) is 5.15. The molecule has 2 rings (SSSR count). The van der Waals surface area contributed by atoms with Crippen molar-refractivity contribution < 1.29 is 19.2 Å². The average molecular weight is 330 g/mol. The first kappa shape index (κ1) is 17.3. The van der Waals surface area contributed by atoms with Crippen LogP contribution in [0, 0.1) is 17.0 Å². The summed E-state index contributed by atoms with van der Waals surface area (Å²) in [4.78, 5) is 22.1. The molecule has 0 aliphatic rings. The molecule has 0 heterocycles. The fourth-order valence-electron chi connectivity index (χ4n) is 2.12. The number of carbonyl (C=O) groups is 1. The van der Waals surface area contributed by atoms with Gasteiger partial charge in [0.15, 0.2) is 6.61 Å². The first-order valence-corrected chi connectivity index (χ1v) is 7.27. The summed E-state index contributed by atoms with van der Waals surface area (Å²) >= 11 is 0. The van der Waals surface area contributed by atoms with Crippen LogP contribution in [0.15, 0.2) is 42.5 Å². The van der Waals surface area contributed by atoms with E-state index in [1.807, 2.05) is 31.2 Å². The standard InChI is InChI=1S/C17H18N2O5/c1-12-4-3-5-13(8-12)10-18-17(20)11-24-14-6-7-15(19(21)22)16(9-14)23-2/h3-9H,10-11H2,1-2H3,(H,18,20). The molecule has 0 atom stereocenters. The number of carbonyl (C=O) groups excluding carboxylic acids is 1. The highest BCUT2D eigenvalue weighted by Crippen LogP contribution is 2.30. The van der Waals surface area contributed by atoms with Gasteiger partial charge in [0.1, 0.15) is 5.75 Å². The first-order chi connectivity index (χ1) is 11.5. The number of nitrogens with zero attached hydrogens (tertiary/aromatic N) is 1. The van der Waals surface area contributed by atoms with Crippen molar-refractivity contribution in [2.24, 2.45) is 0 Å². The van der Waals surface area contributed by atoms with Crippen LogP contribution in [0.4, 0.5) is 5.69 Å². The number of nitrogens with one attached hydrogen (secondary N) is 1. The van der Waals surface area contributed by atoms with Crippen molar-refractivity contribution in [2.75, 3.05) is 13.7 Å². The fraction of sp³-hybridized carbons (Fsp3) is 0.235. The van der Waals surface area contributed by atoms with Crippen LogP contribution < -0.4 is 14.8 Å². The summed E-state index contributed by atoms with van der Waals surface area (Å²) in [5.74, 6) is 0.120. The van der Waals surface area contributed by atoms with E-state index in [2.05, 4.69) is 5.32 Å². The lowest BCUT2D eigenvalue weighted by atomic mass is 10.1. The minimum Gasteiger partial charge on any atom is -0.490 e. The zero-order chi connectivity index (χ0) is 17.5. The third-order valence-corrected chi connectivity index (χ3v) is 3.29. The molecule has 2 aromatic rings. The fourth-order valence-corrected chi connectivity index (χ4v) is 2.12. The van der Waals surface area contributed by atoms with E-state index in [1.165, 1.54) is 25.3 Å². The molecular weight excluding hydrogens is 312 g/mol. The van der Waals surface area contributed by atoms with Gasteiger partial charge >= 0.3 is 5.69 Å².